The SMILES string of the molecule is CN=C(NCCCOc1ccccc1)NCc1c(C)nn(CCOC)c1C.I. The Morgan fingerprint density at radius 2 is 1.89 bits per heavy atom. The molecule has 0 spiro atoms. The van der Waals surface area contributed by atoms with Crippen molar-refractivity contribution in [3.8, 4) is 5.75 Å². The zero-order valence-corrected chi connectivity index (χ0v) is 19.5. The van der Waals surface area contributed by atoms with Crippen LogP contribution >= 0.6 is 24.0 Å². The Hall–Kier alpha value is -1.81. The van der Waals surface area contributed by atoms with Gasteiger partial charge in [0.2, 0.25) is 0 Å². The minimum absolute atomic E-state index is 0. The maximum atomic E-state index is 5.70. The third-order valence-electron chi connectivity index (χ3n) is 4.32. The Morgan fingerprint density at radius 3 is 2.57 bits per heavy atom. The van der Waals surface area contributed by atoms with Gasteiger partial charge in [-0.05, 0) is 32.4 Å². The summed E-state index contributed by atoms with van der Waals surface area (Å²) in [5, 5.41) is 11.3. The molecule has 0 saturated heterocycles. The van der Waals surface area contributed by atoms with Crippen molar-refractivity contribution in [3.05, 3.63) is 47.3 Å². The fourth-order valence-electron chi connectivity index (χ4n) is 2.76. The highest BCUT2D eigenvalue weighted by atomic mass is 127. The van der Waals surface area contributed by atoms with Gasteiger partial charge in [-0.25, -0.2) is 0 Å². The molecule has 0 amide bonds. The van der Waals surface area contributed by atoms with Crippen molar-refractivity contribution in [3.63, 3.8) is 0 Å². The Labute approximate surface area is 184 Å². The first kappa shape index (κ1) is 24.2. The van der Waals surface area contributed by atoms with E-state index in [1.807, 2.05) is 41.9 Å². The van der Waals surface area contributed by atoms with Crippen molar-refractivity contribution < 1.29 is 9.47 Å². The fourth-order valence-corrected chi connectivity index (χ4v) is 2.76. The van der Waals surface area contributed by atoms with Crippen LogP contribution in [0.2, 0.25) is 0 Å². The minimum atomic E-state index is 0. The summed E-state index contributed by atoms with van der Waals surface area (Å²) in [6.07, 6.45) is 0.891. The van der Waals surface area contributed by atoms with Gasteiger partial charge in [-0.3, -0.25) is 9.67 Å². The number of aryl methyl sites for hydroxylation is 1. The van der Waals surface area contributed by atoms with Crippen molar-refractivity contribution in [2.75, 3.05) is 33.9 Å². The molecular formula is C20H32IN5O2. The number of aromatic nitrogens is 2. The normalized spacial score (nSPS) is 11.1. The van der Waals surface area contributed by atoms with Crippen molar-refractivity contribution in [1.82, 2.24) is 20.4 Å². The van der Waals surface area contributed by atoms with Gasteiger partial charge in [-0.2, -0.15) is 5.10 Å². The van der Waals surface area contributed by atoms with E-state index in [-0.39, 0.29) is 24.0 Å². The van der Waals surface area contributed by atoms with E-state index < -0.39 is 0 Å². The van der Waals surface area contributed by atoms with Crippen molar-refractivity contribution >= 4 is 29.9 Å². The highest BCUT2D eigenvalue weighted by Crippen LogP contribution is 2.12. The average molecular weight is 501 g/mol. The van der Waals surface area contributed by atoms with Gasteiger partial charge in [0.1, 0.15) is 5.75 Å². The minimum Gasteiger partial charge on any atom is -0.494 e. The first-order valence-corrected chi connectivity index (χ1v) is 9.30. The molecule has 0 unspecified atom stereocenters. The molecule has 0 atom stereocenters. The lowest BCUT2D eigenvalue weighted by Gasteiger charge is -2.12. The summed E-state index contributed by atoms with van der Waals surface area (Å²) in [5.74, 6) is 1.68. The summed E-state index contributed by atoms with van der Waals surface area (Å²) >= 11 is 0. The van der Waals surface area contributed by atoms with Gasteiger partial charge in [0.25, 0.3) is 0 Å². The van der Waals surface area contributed by atoms with E-state index in [2.05, 4.69) is 27.6 Å². The van der Waals surface area contributed by atoms with Crippen molar-refractivity contribution in [1.29, 1.82) is 0 Å². The molecule has 1 heterocycles. The molecule has 0 radical (unpaired) electrons. The number of benzene rings is 1. The quantitative estimate of drug-likeness (QED) is 0.227. The molecule has 1 aromatic heterocycles. The van der Waals surface area contributed by atoms with Crippen LogP contribution in [-0.4, -0.2) is 49.7 Å². The lowest BCUT2D eigenvalue weighted by molar-refractivity contribution is 0.182. The van der Waals surface area contributed by atoms with E-state index in [1.54, 1.807) is 14.2 Å². The van der Waals surface area contributed by atoms with Gasteiger partial charge in [0.15, 0.2) is 5.96 Å². The number of hydrogen-bond donors (Lipinski definition) is 2. The number of rotatable bonds is 10. The lowest BCUT2D eigenvalue weighted by atomic mass is 10.2. The summed E-state index contributed by atoms with van der Waals surface area (Å²) in [4.78, 5) is 4.28. The number of methoxy groups -OCH3 is 1. The summed E-state index contributed by atoms with van der Waals surface area (Å²) in [6.45, 7) is 7.68. The summed E-state index contributed by atoms with van der Waals surface area (Å²) in [6, 6.07) is 9.85. The highest BCUT2D eigenvalue weighted by Gasteiger charge is 2.11. The van der Waals surface area contributed by atoms with E-state index in [0.29, 0.717) is 19.8 Å². The molecule has 2 rings (SSSR count). The number of aliphatic imine (C=N–C) groups is 1. The fraction of sp³-hybridized carbons (Fsp3) is 0.500. The largest absolute Gasteiger partial charge is 0.494 e. The number of nitrogens with zero attached hydrogens (tertiary/aromatic N) is 3. The van der Waals surface area contributed by atoms with Gasteiger partial charge in [-0.15, -0.1) is 24.0 Å². The van der Waals surface area contributed by atoms with Gasteiger partial charge in [0.05, 0.1) is 25.5 Å². The number of halogens is 1. The molecular weight excluding hydrogens is 469 g/mol. The first-order chi connectivity index (χ1) is 13.2. The van der Waals surface area contributed by atoms with Crippen LogP contribution < -0.4 is 15.4 Å². The summed E-state index contributed by atoms with van der Waals surface area (Å²) in [7, 11) is 3.48. The lowest BCUT2D eigenvalue weighted by Crippen LogP contribution is -2.37. The van der Waals surface area contributed by atoms with Gasteiger partial charge >= 0.3 is 0 Å². The van der Waals surface area contributed by atoms with E-state index >= 15 is 0 Å². The number of hydrogen-bond acceptors (Lipinski definition) is 4. The molecule has 0 saturated carbocycles. The van der Waals surface area contributed by atoms with Crippen LogP contribution in [0.1, 0.15) is 23.4 Å². The van der Waals surface area contributed by atoms with Crippen molar-refractivity contribution in [2.45, 2.75) is 33.4 Å². The molecule has 0 bridgehead atoms. The first-order valence-electron chi connectivity index (χ1n) is 9.30. The maximum absolute atomic E-state index is 5.70. The summed E-state index contributed by atoms with van der Waals surface area (Å²) in [5.41, 5.74) is 3.38. The molecule has 156 valence electrons. The number of para-hydroxylation sites is 1. The van der Waals surface area contributed by atoms with Crippen LogP contribution in [0.3, 0.4) is 0 Å². The summed E-state index contributed by atoms with van der Waals surface area (Å²) < 4.78 is 12.8. The molecule has 0 fully saturated rings. The predicted octanol–water partition coefficient (Wildman–Crippen LogP) is 2.90. The topological polar surface area (TPSA) is 72.7 Å². The van der Waals surface area contributed by atoms with Gasteiger partial charge < -0.3 is 20.1 Å². The smallest absolute Gasteiger partial charge is 0.191 e. The Kier molecular flexibility index (Phi) is 11.6. The molecule has 2 N–H and O–H groups in total. The van der Waals surface area contributed by atoms with Crippen LogP contribution in [-0.2, 0) is 17.8 Å². The van der Waals surface area contributed by atoms with Crippen LogP contribution in [0.25, 0.3) is 0 Å². The van der Waals surface area contributed by atoms with E-state index in [9.17, 15) is 0 Å². The highest BCUT2D eigenvalue weighted by molar-refractivity contribution is 14.0. The molecule has 0 aliphatic carbocycles. The van der Waals surface area contributed by atoms with E-state index in [0.717, 1.165) is 42.6 Å². The van der Waals surface area contributed by atoms with Crippen LogP contribution in [0, 0.1) is 13.8 Å². The monoisotopic (exact) mass is 501 g/mol. The maximum Gasteiger partial charge on any atom is 0.191 e. The second-order valence-corrected chi connectivity index (χ2v) is 6.23. The predicted molar refractivity (Wildman–Crippen MR) is 124 cm³/mol. The molecule has 0 aliphatic heterocycles. The van der Waals surface area contributed by atoms with Crippen molar-refractivity contribution in [2.24, 2.45) is 4.99 Å². The van der Waals surface area contributed by atoms with Crippen LogP contribution in [0.5, 0.6) is 5.75 Å². The second kappa shape index (κ2) is 13.4. The number of ether oxygens (including phenoxy) is 2. The van der Waals surface area contributed by atoms with Gasteiger partial charge in [0, 0.05) is 38.5 Å². The molecule has 8 heteroatoms. The molecule has 0 aliphatic rings. The average Bonchev–Trinajstić information content (AvgIpc) is 2.96. The molecule has 2 aromatic rings. The number of guanidine groups is 1. The number of nitrogens with one attached hydrogen (secondary N) is 2. The van der Waals surface area contributed by atoms with E-state index in [1.165, 1.54) is 5.56 Å². The standard InChI is InChI=1S/C20H31N5O2.HI/c1-16-19(17(2)25(24-16)12-14-26-4)15-23-20(21-3)22-11-8-13-27-18-9-6-5-7-10-18;/h5-7,9-10H,8,11-15H2,1-4H3,(H2,21,22,23);1H. The Bertz CT molecular complexity index is 719. The second-order valence-electron chi connectivity index (χ2n) is 6.23. The van der Waals surface area contributed by atoms with Crippen LogP contribution in [0.15, 0.2) is 35.3 Å². The Morgan fingerprint density at radius 1 is 1.14 bits per heavy atom. The zero-order valence-electron chi connectivity index (χ0n) is 17.2. The van der Waals surface area contributed by atoms with Crippen LogP contribution in [0.4, 0.5) is 0 Å². The van der Waals surface area contributed by atoms with E-state index in [4.69, 9.17) is 9.47 Å². The zero-order chi connectivity index (χ0) is 19.5. The molecule has 7 nitrogen and oxygen atoms in total. The Balaban J connectivity index is 0.00000392. The molecule has 28 heavy (non-hydrogen) atoms. The molecule has 1 aromatic carbocycles. The van der Waals surface area contributed by atoms with Gasteiger partial charge in [-0.1, -0.05) is 18.2 Å². The third-order valence-corrected chi connectivity index (χ3v) is 4.32. The third kappa shape index (κ3) is 7.67.